The van der Waals surface area contributed by atoms with Gasteiger partial charge in [-0.3, -0.25) is 5.32 Å². The third-order valence-corrected chi connectivity index (χ3v) is 1.66. The van der Waals surface area contributed by atoms with Crippen LogP contribution in [0.2, 0.25) is 0 Å². The first kappa shape index (κ1) is 10.5. The predicted octanol–water partition coefficient (Wildman–Crippen LogP) is 1.75. The molecule has 1 rings (SSSR count). The molecule has 0 aliphatic heterocycles. The molecule has 2 N–H and O–H groups in total. The zero-order chi connectivity index (χ0) is 10.4. The maximum atomic E-state index is 11.0. The summed E-state index contributed by atoms with van der Waals surface area (Å²) in [6.07, 6.45) is -0.468. The lowest BCUT2D eigenvalue weighted by atomic mass is 10.2. The Bertz CT molecular complexity index is 295. The van der Waals surface area contributed by atoms with Gasteiger partial charge in [0.15, 0.2) is 0 Å². The maximum absolute atomic E-state index is 11.0. The van der Waals surface area contributed by atoms with Crippen molar-refractivity contribution in [2.24, 2.45) is 0 Å². The van der Waals surface area contributed by atoms with E-state index in [1.807, 2.05) is 0 Å². The summed E-state index contributed by atoms with van der Waals surface area (Å²) in [5.74, 6) is 0. The van der Waals surface area contributed by atoms with Crippen LogP contribution >= 0.6 is 0 Å². The first-order valence-corrected chi connectivity index (χ1v) is 4.40. The molecule has 0 aliphatic rings. The van der Waals surface area contributed by atoms with Crippen LogP contribution in [0.15, 0.2) is 24.3 Å². The molecule has 14 heavy (non-hydrogen) atoms. The summed E-state index contributed by atoms with van der Waals surface area (Å²) in [6.45, 7) is 2.09. The lowest BCUT2D eigenvalue weighted by Crippen LogP contribution is -2.13. The molecule has 0 aliphatic carbocycles. The fraction of sp³-hybridized carbons (Fsp3) is 0.300. The van der Waals surface area contributed by atoms with Crippen molar-refractivity contribution < 1.29 is 14.6 Å². The van der Waals surface area contributed by atoms with E-state index >= 15 is 0 Å². The molecule has 4 heteroatoms. The quantitative estimate of drug-likeness (QED) is 0.772. The molecule has 0 bridgehead atoms. The number of rotatable bonds is 3. The molecule has 0 fully saturated rings. The van der Waals surface area contributed by atoms with Gasteiger partial charge in [0.25, 0.3) is 0 Å². The average molecular weight is 195 g/mol. The SMILES string of the molecule is CCOC(=O)Nc1ccc(CO)cc1. The fourth-order valence-corrected chi connectivity index (χ4v) is 0.979. The number of nitrogens with one attached hydrogen (secondary N) is 1. The van der Waals surface area contributed by atoms with Crippen molar-refractivity contribution >= 4 is 11.8 Å². The Hall–Kier alpha value is -1.55. The van der Waals surface area contributed by atoms with Crippen LogP contribution in [0.5, 0.6) is 0 Å². The summed E-state index contributed by atoms with van der Waals surface area (Å²) in [7, 11) is 0. The standard InChI is InChI=1S/C10H13NO3/c1-2-14-10(13)11-9-5-3-8(7-12)4-6-9/h3-6,12H,2,7H2,1H3,(H,11,13). The van der Waals surface area contributed by atoms with Crippen molar-refractivity contribution in [2.75, 3.05) is 11.9 Å². The summed E-state index contributed by atoms with van der Waals surface area (Å²) in [5, 5.41) is 11.3. The number of carbonyl (C=O) groups is 1. The number of amides is 1. The van der Waals surface area contributed by atoms with Gasteiger partial charge in [-0.1, -0.05) is 12.1 Å². The predicted molar refractivity (Wildman–Crippen MR) is 53.0 cm³/mol. The number of aliphatic hydroxyl groups is 1. The van der Waals surface area contributed by atoms with E-state index in [4.69, 9.17) is 9.84 Å². The molecular weight excluding hydrogens is 182 g/mol. The van der Waals surface area contributed by atoms with Gasteiger partial charge in [-0.05, 0) is 24.6 Å². The van der Waals surface area contributed by atoms with Crippen LogP contribution in [0.4, 0.5) is 10.5 Å². The Morgan fingerprint density at radius 2 is 2.07 bits per heavy atom. The largest absolute Gasteiger partial charge is 0.450 e. The lowest BCUT2D eigenvalue weighted by Gasteiger charge is -2.05. The molecule has 0 saturated carbocycles. The molecule has 4 nitrogen and oxygen atoms in total. The molecule has 0 atom stereocenters. The maximum Gasteiger partial charge on any atom is 0.411 e. The normalized spacial score (nSPS) is 9.57. The van der Waals surface area contributed by atoms with Gasteiger partial charge in [-0.25, -0.2) is 4.79 Å². The molecule has 1 aromatic carbocycles. The minimum absolute atomic E-state index is 0.000311. The lowest BCUT2D eigenvalue weighted by molar-refractivity contribution is 0.168. The highest BCUT2D eigenvalue weighted by Crippen LogP contribution is 2.09. The second kappa shape index (κ2) is 5.24. The highest BCUT2D eigenvalue weighted by molar-refractivity contribution is 5.84. The first-order chi connectivity index (χ1) is 6.76. The van der Waals surface area contributed by atoms with Crippen LogP contribution in [-0.4, -0.2) is 17.8 Å². The van der Waals surface area contributed by atoms with Crippen molar-refractivity contribution in [1.82, 2.24) is 0 Å². The van der Waals surface area contributed by atoms with Gasteiger partial charge in [0.05, 0.1) is 13.2 Å². The third kappa shape index (κ3) is 3.06. The zero-order valence-electron chi connectivity index (χ0n) is 7.99. The molecule has 0 saturated heterocycles. The zero-order valence-corrected chi connectivity index (χ0v) is 7.99. The van der Waals surface area contributed by atoms with E-state index in [0.717, 1.165) is 5.56 Å². The molecule has 1 aromatic rings. The van der Waals surface area contributed by atoms with Gasteiger partial charge >= 0.3 is 6.09 Å². The van der Waals surface area contributed by atoms with E-state index in [9.17, 15) is 4.79 Å². The Balaban J connectivity index is 2.55. The Kier molecular flexibility index (Phi) is 3.94. The highest BCUT2D eigenvalue weighted by Gasteiger charge is 2.00. The topological polar surface area (TPSA) is 58.6 Å². The molecule has 1 amide bonds. The number of benzene rings is 1. The Morgan fingerprint density at radius 3 is 2.57 bits per heavy atom. The van der Waals surface area contributed by atoms with Crippen LogP contribution in [0.25, 0.3) is 0 Å². The van der Waals surface area contributed by atoms with Crippen LogP contribution in [0, 0.1) is 0 Å². The van der Waals surface area contributed by atoms with Gasteiger partial charge in [-0.15, -0.1) is 0 Å². The third-order valence-electron chi connectivity index (χ3n) is 1.66. The molecule has 0 aromatic heterocycles. The number of hydrogen-bond acceptors (Lipinski definition) is 3. The van der Waals surface area contributed by atoms with Crippen LogP contribution in [0.3, 0.4) is 0 Å². The minimum Gasteiger partial charge on any atom is -0.450 e. The van der Waals surface area contributed by atoms with E-state index in [-0.39, 0.29) is 6.61 Å². The molecule has 0 heterocycles. The second-order valence-corrected chi connectivity index (χ2v) is 2.70. The van der Waals surface area contributed by atoms with Crippen LogP contribution < -0.4 is 5.32 Å². The van der Waals surface area contributed by atoms with Crippen molar-refractivity contribution in [3.63, 3.8) is 0 Å². The Morgan fingerprint density at radius 1 is 1.43 bits per heavy atom. The monoisotopic (exact) mass is 195 g/mol. The van der Waals surface area contributed by atoms with Crippen molar-refractivity contribution in [3.05, 3.63) is 29.8 Å². The Labute approximate surface area is 82.5 Å². The summed E-state index contributed by atoms with van der Waals surface area (Å²) in [6, 6.07) is 6.90. The first-order valence-electron chi connectivity index (χ1n) is 4.40. The highest BCUT2D eigenvalue weighted by atomic mass is 16.5. The van der Waals surface area contributed by atoms with Gasteiger partial charge in [0, 0.05) is 5.69 Å². The molecule has 0 unspecified atom stereocenters. The second-order valence-electron chi connectivity index (χ2n) is 2.70. The average Bonchev–Trinajstić information content (AvgIpc) is 2.19. The summed E-state index contributed by atoms with van der Waals surface area (Å²) >= 11 is 0. The summed E-state index contributed by atoms with van der Waals surface area (Å²) < 4.78 is 4.70. The van der Waals surface area contributed by atoms with Crippen molar-refractivity contribution in [3.8, 4) is 0 Å². The van der Waals surface area contributed by atoms with E-state index in [1.54, 1.807) is 31.2 Å². The smallest absolute Gasteiger partial charge is 0.411 e. The molecular formula is C10H13NO3. The van der Waals surface area contributed by atoms with E-state index in [2.05, 4.69) is 5.32 Å². The van der Waals surface area contributed by atoms with Gasteiger partial charge in [0.2, 0.25) is 0 Å². The number of aliphatic hydroxyl groups excluding tert-OH is 1. The van der Waals surface area contributed by atoms with E-state index < -0.39 is 6.09 Å². The van der Waals surface area contributed by atoms with Crippen molar-refractivity contribution in [2.45, 2.75) is 13.5 Å². The van der Waals surface area contributed by atoms with Crippen LogP contribution in [-0.2, 0) is 11.3 Å². The molecule has 0 spiro atoms. The summed E-state index contributed by atoms with van der Waals surface area (Å²) in [5.41, 5.74) is 1.46. The molecule has 0 radical (unpaired) electrons. The summed E-state index contributed by atoms with van der Waals surface area (Å²) in [4.78, 5) is 11.0. The van der Waals surface area contributed by atoms with Crippen LogP contribution in [0.1, 0.15) is 12.5 Å². The number of carbonyl (C=O) groups excluding carboxylic acids is 1. The number of anilines is 1. The van der Waals surface area contributed by atoms with E-state index in [1.165, 1.54) is 0 Å². The van der Waals surface area contributed by atoms with E-state index in [0.29, 0.717) is 12.3 Å². The van der Waals surface area contributed by atoms with Crippen molar-refractivity contribution in [1.29, 1.82) is 0 Å². The van der Waals surface area contributed by atoms with Gasteiger partial charge in [0.1, 0.15) is 0 Å². The van der Waals surface area contributed by atoms with Gasteiger partial charge < -0.3 is 9.84 Å². The minimum atomic E-state index is -0.468. The van der Waals surface area contributed by atoms with Gasteiger partial charge in [-0.2, -0.15) is 0 Å². The number of ether oxygens (including phenoxy) is 1. The number of hydrogen-bond donors (Lipinski definition) is 2. The molecule has 76 valence electrons. The fourth-order valence-electron chi connectivity index (χ4n) is 0.979.